The molecule has 1 aliphatic rings. The molecule has 25 heavy (non-hydrogen) atoms. The van der Waals surface area contributed by atoms with Gasteiger partial charge in [-0.05, 0) is 35.2 Å². The van der Waals surface area contributed by atoms with Crippen LogP contribution in [0.25, 0.3) is 0 Å². The van der Waals surface area contributed by atoms with E-state index in [-0.39, 0.29) is 18.2 Å². The Kier molecular flexibility index (Phi) is 4.87. The van der Waals surface area contributed by atoms with E-state index in [9.17, 15) is 17.6 Å². The topological polar surface area (TPSA) is 66.5 Å². The lowest BCUT2D eigenvalue weighted by Gasteiger charge is -2.34. The van der Waals surface area contributed by atoms with Crippen molar-refractivity contribution < 1.29 is 17.6 Å². The number of fused-ring (bicyclic) bond motifs is 1. The fourth-order valence-electron chi connectivity index (χ4n) is 3.06. The Morgan fingerprint density at radius 2 is 1.80 bits per heavy atom. The molecule has 1 N–H and O–H groups in total. The Hall–Kier alpha value is -2.25. The molecule has 1 unspecified atom stereocenters. The number of nitrogens with one attached hydrogen (secondary N) is 1. The Bertz CT molecular complexity index is 881. The molecule has 0 saturated carbocycles. The summed E-state index contributed by atoms with van der Waals surface area (Å²) in [5, 5.41) is 2.54. The van der Waals surface area contributed by atoms with Crippen molar-refractivity contribution in [3.05, 3.63) is 71.0 Å². The second-order valence-electron chi connectivity index (χ2n) is 6.03. The molecule has 2 aromatic carbocycles. The van der Waals surface area contributed by atoms with Crippen LogP contribution >= 0.6 is 0 Å². The minimum atomic E-state index is -3.75. The molecule has 3 rings (SSSR count). The van der Waals surface area contributed by atoms with Crippen molar-refractivity contribution in [3.63, 3.8) is 0 Å². The van der Waals surface area contributed by atoms with Gasteiger partial charge in [-0.15, -0.1) is 0 Å². The number of halogens is 1. The van der Waals surface area contributed by atoms with Gasteiger partial charge in [0, 0.05) is 13.6 Å². The van der Waals surface area contributed by atoms with Crippen molar-refractivity contribution in [1.82, 2.24) is 9.62 Å². The lowest BCUT2D eigenvalue weighted by atomic mass is 9.95. The zero-order valence-electron chi connectivity index (χ0n) is 13.8. The second kappa shape index (κ2) is 6.93. The first-order valence-electron chi connectivity index (χ1n) is 7.93. The summed E-state index contributed by atoms with van der Waals surface area (Å²) >= 11 is 0. The van der Waals surface area contributed by atoms with E-state index < -0.39 is 21.9 Å². The molecule has 5 nitrogen and oxygen atoms in total. The first kappa shape index (κ1) is 17.6. The summed E-state index contributed by atoms with van der Waals surface area (Å²) in [6, 6.07) is 12.1. The summed E-state index contributed by atoms with van der Waals surface area (Å²) in [7, 11) is -2.25. The average molecular weight is 362 g/mol. The normalized spacial score (nSPS) is 17.8. The second-order valence-corrected chi connectivity index (χ2v) is 7.95. The van der Waals surface area contributed by atoms with Crippen LogP contribution in [0.5, 0.6) is 0 Å². The van der Waals surface area contributed by atoms with E-state index in [0.29, 0.717) is 12.0 Å². The molecule has 7 heteroatoms. The zero-order chi connectivity index (χ0) is 18.0. The van der Waals surface area contributed by atoms with Gasteiger partial charge in [-0.25, -0.2) is 12.8 Å². The van der Waals surface area contributed by atoms with Gasteiger partial charge in [-0.1, -0.05) is 36.4 Å². The smallest absolute Gasteiger partial charge is 0.238 e. The van der Waals surface area contributed by atoms with Crippen LogP contribution in [0.3, 0.4) is 0 Å². The third-order valence-electron chi connectivity index (χ3n) is 4.37. The molecule has 0 fully saturated rings. The van der Waals surface area contributed by atoms with Crippen molar-refractivity contribution in [3.8, 4) is 0 Å². The van der Waals surface area contributed by atoms with Crippen LogP contribution in [-0.4, -0.2) is 31.7 Å². The number of carbonyl (C=O) groups is 1. The van der Waals surface area contributed by atoms with Crippen LogP contribution in [-0.2, 0) is 33.5 Å². The van der Waals surface area contributed by atoms with Gasteiger partial charge in [0.2, 0.25) is 15.9 Å². The van der Waals surface area contributed by atoms with E-state index in [1.807, 2.05) is 24.3 Å². The van der Waals surface area contributed by atoms with Crippen LogP contribution in [0.15, 0.2) is 48.5 Å². The summed E-state index contributed by atoms with van der Waals surface area (Å²) < 4.78 is 40.2. The monoisotopic (exact) mass is 362 g/mol. The predicted octanol–water partition coefficient (Wildman–Crippen LogP) is 1.83. The Morgan fingerprint density at radius 3 is 2.44 bits per heavy atom. The first-order valence-corrected chi connectivity index (χ1v) is 9.54. The minimum Gasteiger partial charge on any atom is -0.358 e. The molecular formula is C18H19FN2O3S. The number of benzene rings is 2. The number of likely N-dealkylation sites (N-methyl/N-ethyl adjacent to an activating group) is 1. The van der Waals surface area contributed by atoms with Crippen molar-refractivity contribution in [1.29, 1.82) is 0 Å². The van der Waals surface area contributed by atoms with Gasteiger partial charge in [-0.3, -0.25) is 4.79 Å². The first-order chi connectivity index (χ1) is 11.9. The van der Waals surface area contributed by atoms with E-state index in [4.69, 9.17) is 0 Å². The van der Waals surface area contributed by atoms with E-state index in [1.54, 1.807) is 0 Å². The maximum absolute atomic E-state index is 13.0. The lowest BCUT2D eigenvalue weighted by Crippen LogP contribution is -2.52. The van der Waals surface area contributed by atoms with Gasteiger partial charge in [-0.2, -0.15) is 4.31 Å². The molecule has 0 aliphatic carbocycles. The van der Waals surface area contributed by atoms with Gasteiger partial charge < -0.3 is 5.32 Å². The largest absolute Gasteiger partial charge is 0.358 e. The molecule has 0 spiro atoms. The van der Waals surface area contributed by atoms with Crippen LogP contribution in [0.4, 0.5) is 4.39 Å². The quantitative estimate of drug-likeness (QED) is 0.902. The highest BCUT2D eigenvalue weighted by Crippen LogP contribution is 2.27. The fraction of sp³-hybridized carbons (Fsp3) is 0.278. The van der Waals surface area contributed by atoms with E-state index in [2.05, 4.69) is 5.32 Å². The number of nitrogens with zero attached hydrogens (tertiary/aromatic N) is 1. The highest BCUT2D eigenvalue weighted by Gasteiger charge is 2.38. The molecule has 132 valence electrons. The number of hydrogen-bond donors (Lipinski definition) is 1. The lowest BCUT2D eigenvalue weighted by molar-refractivity contribution is -0.124. The summed E-state index contributed by atoms with van der Waals surface area (Å²) in [5.74, 6) is -1.03. The van der Waals surface area contributed by atoms with Crippen molar-refractivity contribution >= 4 is 15.9 Å². The number of amides is 1. The van der Waals surface area contributed by atoms with Crippen molar-refractivity contribution in [2.75, 3.05) is 7.05 Å². The van der Waals surface area contributed by atoms with Gasteiger partial charge >= 0.3 is 0 Å². The summed E-state index contributed by atoms with van der Waals surface area (Å²) in [4.78, 5) is 12.3. The highest BCUT2D eigenvalue weighted by atomic mass is 32.2. The number of hydrogen-bond acceptors (Lipinski definition) is 3. The molecule has 2 aromatic rings. The summed E-state index contributed by atoms with van der Waals surface area (Å²) in [5.41, 5.74) is 2.35. The molecular weight excluding hydrogens is 343 g/mol. The van der Waals surface area contributed by atoms with Gasteiger partial charge in [0.25, 0.3) is 0 Å². The molecule has 0 radical (unpaired) electrons. The summed E-state index contributed by atoms with van der Waals surface area (Å²) in [6.45, 7) is 0.151. The van der Waals surface area contributed by atoms with Gasteiger partial charge in [0.1, 0.15) is 11.9 Å². The van der Waals surface area contributed by atoms with Gasteiger partial charge in [0.15, 0.2) is 0 Å². The average Bonchev–Trinajstić information content (AvgIpc) is 2.61. The number of carbonyl (C=O) groups excluding carboxylic acids is 1. The molecule has 1 atom stereocenters. The van der Waals surface area contributed by atoms with E-state index >= 15 is 0 Å². The van der Waals surface area contributed by atoms with Crippen molar-refractivity contribution in [2.45, 2.75) is 24.8 Å². The van der Waals surface area contributed by atoms with E-state index in [0.717, 1.165) is 11.1 Å². The van der Waals surface area contributed by atoms with Crippen LogP contribution in [0.2, 0.25) is 0 Å². The minimum absolute atomic E-state index is 0.151. The third kappa shape index (κ3) is 3.72. The molecule has 1 aliphatic heterocycles. The molecule has 1 amide bonds. The number of rotatable bonds is 4. The predicted molar refractivity (Wildman–Crippen MR) is 92.6 cm³/mol. The van der Waals surface area contributed by atoms with Crippen LogP contribution in [0, 0.1) is 5.82 Å². The molecule has 1 heterocycles. The standard InChI is InChI=1S/C18H19FN2O3S/c1-20-18(22)17-10-14-4-2-3-5-15(14)11-21(17)25(23,24)12-13-6-8-16(19)9-7-13/h2-9,17H,10-12H2,1H3,(H,20,22). The SMILES string of the molecule is CNC(=O)C1Cc2ccccc2CN1S(=O)(=O)Cc1ccc(F)cc1. The summed E-state index contributed by atoms with van der Waals surface area (Å²) in [6.07, 6.45) is 0.332. The van der Waals surface area contributed by atoms with Gasteiger partial charge in [0.05, 0.1) is 5.75 Å². The van der Waals surface area contributed by atoms with E-state index in [1.165, 1.54) is 35.6 Å². The third-order valence-corrected chi connectivity index (χ3v) is 6.17. The van der Waals surface area contributed by atoms with Crippen LogP contribution < -0.4 is 5.32 Å². The maximum Gasteiger partial charge on any atom is 0.238 e. The highest BCUT2D eigenvalue weighted by molar-refractivity contribution is 7.88. The Labute approximate surface area is 146 Å². The fourth-order valence-corrected chi connectivity index (χ4v) is 4.73. The Morgan fingerprint density at radius 1 is 1.16 bits per heavy atom. The molecule has 0 saturated heterocycles. The zero-order valence-corrected chi connectivity index (χ0v) is 14.6. The Balaban J connectivity index is 1.93. The van der Waals surface area contributed by atoms with Crippen LogP contribution in [0.1, 0.15) is 16.7 Å². The molecule has 0 aromatic heterocycles. The van der Waals surface area contributed by atoms with Crippen molar-refractivity contribution in [2.24, 2.45) is 0 Å². The maximum atomic E-state index is 13.0. The molecule has 0 bridgehead atoms. The number of sulfonamides is 1.